The SMILES string of the molecule is COc1ccc(NC(=O)COCC(=O)N2CCCCCC2)cc1. The highest BCUT2D eigenvalue weighted by Crippen LogP contribution is 2.14. The Bertz CT molecular complexity index is 508. The van der Waals surface area contributed by atoms with E-state index in [1.54, 1.807) is 31.4 Å². The lowest BCUT2D eigenvalue weighted by atomic mass is 10.2. The lowest BCUT2D eigenvalue weighted by Crippen LogP contribution is -2.35. The molecule has 126 valence electrons. The minimum Gasteiger partial charge on any atom is -0.497 e. The van der Waals surface area contributed by atoms with E-state index in [0.717, 1.165) is 31.7 Å². The predicted octanol–water partition coefficient (Wildman–Crippen LogP) is 2.05. The fourth-order valence-corrected chi connectivity index (χ4v) is 2.51. The summed E-state index contributed by atoms with van der Waals surface area (Å²) in [6.07, 6.45) is 4.44. The van der Waals surface area contributed by atoms with Crippen molar-refractivity contribution in [1.82, 2.24) is 4.90 Å². The van der Waals surface area contributed by atoms with Crippen molar-refractivity contribution in [3.8, 4) is 5.75 Å². The molecule has 6 heteroatoms. The molecule has 0 unspecified atom stereocenters. The van der Waals surface area contributed by atoms with E-state index in [9.17, 15) is 9.59 Å². The number of hydrogen-bond acceptors (Lipinski definition) is 4. The molecule has 0 atom stereocenters. The molecule has 2 rings (SSSR count). The normalized spacial score (nSPS) is 14.9. The van der Waals surface area contributed by atoms with Crippen LogP contribution in [0.15, 0.2) is 24.3 Å². The van der Waals surface area contributed by atoms with Gasteiger partial charge in [-0.05, 0) is 37.1 Å². The molecule has 1 N–H and O–H groups in total. The van der Waals surface area contributed by atoms with Crippen molar-refractivity contribution < 1.29 is 19.1 Å². The van der Waals surface area contributed by atoms with Crippen LogP contribution >= 0.6 is 0 Å². The molecule has 1 heterocycles. The number of likely N-dealkylation sites (tertiary alicyclic amines) is 1. The number of nitrogens with zero attached hydrogens (tertiary/aromatic N) is 1. The van der Waals surface area contributed by atoms with Gasteiger partial charge in [0.1, 0.15) is 19.0 Å². The van der Waals surface area contributed by atoms with Crippen molar-refractivity contribution >= 4 is 17.5 Å². The van der Waals surface area contributed by atoms with Gasteiger partial charge in [-0.15, -0.1) is 0 Å². The molecule has 1 fully saturated rings. The van der Waals surface area contributed by atoms with E-state index in [1.165, 1.54) is 12.8 Å². The number of hydrogen-bond donors (Lipinski definition) is 1. The molecule has 1 saturated heterocycles. The van der Waals surface area contributed by atoms with Crippen LogP contribution in [0.3, 0.4) is 0 Å². The van der Waals surface area contributed by atoms with E-state index in [-0.39, 0.29) is 25.0 Å². The van der Waals surface area contributed by atoms with E-state index < -0.39 is 0 Å². The molecule has 0 saturated carbocycles. The number of nitrogens with one attached hydrogen (secondary N) is 1. The number of carbonyl (C=O) groups excluding carboxylic acids is 2. The Hall–Kier alpha value is -2.08. The van der Waals surface area contributed by atoms with E-state index in [0.29, 0.717) is 5.69 Å². The molecule has 1 aliphatic rings. The number of methoxy groups -OCH3 is 1. The number of rotatable bonds is 6. The van der Waals surface area contributed by atoms with Crippen molar-refractivity contribution in [1.29, 1.82) is 0 Å². The van der Waals surface area contributed by atoms with Gasteiger partial charge in [-0.1, -0.05) is 12.8 Å². The van der Waals surface area contributed by atoms with Crippen LogP contribution in [-0.2, 0) is 14.3 Å². The number of benzene rings is 1. The van der Waals surface area contributed by atoms with Crippen LogP contribution in [0.4, 0.5) is 5.69 Å². The molecular formula is C17H24N2O4. The van der Waals surface area contributed by atoms with Crippen molar-refractivity contribution in [2.75, 3.05) is 38.7 Å². The Labute approximate surface area is 136 Å². The predicted molar refractivity (Wildman–Crippen MR) is 87.5 cm³/mol. The summed E-state index contributed by atoms with van der Waals surface area (Å²) in [5, 5.41) is 2.71. The zero-order valence-electron chi connectivity index (χ0n) is 13.5. The van der Waals surface area contributed by atoms with Gasteiger partial charge in [0.2, 0.25) is 11.8 Å². The van der Waals surface area contributed by atoms with E-state index >= 15 is 0 Å². The quantitative estimate of drug-likeness (QED) is 0.871. The lowest BCUT2D eigenvalue weighted by molar-refractivity contribution is -0.137. The Morgan fingerprint density at radius 3 is 2.30 bits per heavy atom. The van der Waals surface area contributed by atoms with Gasteiger partial charge in [0, 0.05) is 18.8 Å². The summed E-state index contributed by atoms with van der Waals surface area (Å²) in [4.78, 5) is 25.6. The van der Waals surface area contributed by atoms with Crippen LogP contribution in [0.5, 0.6) is 5.75 Å². The molecule has 1 aromatic carbocycles. The van der Waals surface area contributed by atoms with Gasteiger partial charge >= 0.3 is 0 Å². The second kappa shape index (κ2) is 9.15. The molecule has 1 aromatic rings. The smallest absolute Gasteiger partial charge is 0.250 e. The maximum atomic E-state index is 12.0. The van der Waals surface area contributed by atoms with Gasteiger partial charge in [-0.2, -0.15) is 0 Å². The van der Waals surface area contributed by atoms with E-state index in [4.69, 9.17) is 9.47 Å². The van der Waals surface area contributed by atoms with Crippen LogP contribution in [0, 0.1) is 0 Å². The minimum absolute atomic E-state index is 0.0378. The van der Waals surface area contributed by atoms with Gasteiger partial charge in [0.15, 0.2) is 0 Å². The second-order valence-electron chi connectivity index (χ2n) is 5.56. The summed E-state index contributed by atoms with van der Waals surface area (Å²) in [6.45, 7) is 1.40. The number of anilines is 1. The summed E-state index contributed by atoms with van der Waals surface area (Å²) < 4.78 is 10.3. The lowest BCUT2D eigenvalue weighted by Gasteiger charge is -2.20. The molecule has 0 spiro atoms. The van der Waals surface area contributed by atoms with Gasteiger partial charge in [-0.3, -0.25) is 9.59 Å². The summed E-state index contributed by atoms with van der Waals surface area (Å²) in [5.74, 6) is 0.408. The second-order valence-corrected chi connectivity index (χ2v) is 5.56. The van der Waals surface area contributed by atoms with Crippen molar-refractivity contribution in [3.63, 3.8) is 0 Å². The van der Waals surface area contributed by atoms with Crippen molar-refractivity contribution in [2.24, 2.45) is 0 Å². The third kappa shape index (κ3) is 5.90. The van der Waals surface area contributed by atoms with Crippen LogP contribution in [0.2, 0.25) is 0 Å². The monoisotopic (exact) mass is 320 g/mol. The topological polar surface area (TPSA) is 67.9 Å². The molecule has 2 amide bonds. The number of carbonyl (C=O) groups is 2. The molecule has 0 bridgehead atoms. The van der Waals surface area contributed by atoms with Gasteiger partial charge in [-0.25, -0.2) is 0 Å². The molecular weight excluding hydrogens is 296 g/mol. The average molecular weight is 320 g/mol. The van der Waals surface area contributed by atoms with Crippen molar-refractivity contribution in [2.45, 2.75) is 25.7 Å². The first-order chi connectivity index (χ1) is 11.2. The molecule has 1 aliphatic heterocycles. The highest BCUT2D eigenvalue weighted by Gasteiger charge is 2.15. The van der Waals surface area contributed by atoms with Gasteiger partial charge in [0.05, 0.1) is 7.11 Å². The summed E-state index contributed by atoms with van der Waals surface area (Å²) in [5.41, 5.74) is 0.665. The average Bonchev–Trinajstić information content (AvgIpc) is 2.85. The van der Waals surface area contributed by atoms with Crippen LogP contribution in [0.1, 0.15) is 25.7 Å². The first-order valence-electron chi connectivity index (χ1n) is 7.98. The summed E-state index contributed by atoms with van der Waals surface area (Å²) >= 11 is 0. The zero-order valence-corrected chi connectivity index (χ0v) is 13.5. The standard InChI is InChI=1S/C17H24N2O4/c1-22-15-8-6-14(7-9-15)18-16(20)12-23-13-17(21)19-10-4-2-3-5-11-19/h6-9H,2-5,10-13H2,1H3,(H,18,20). The minimum atomic E-state index is -0.279. The molecule has 0 radical (unpaired) electrons. The third-order valence-electron chi connectivity index (χ3n) is 3.79. The number of amides is 2. The zero-order chi connectivity index (χ0) is 16.5. The van der Waals surface area contributed by atoms with Crippen LogP contribution in [-0.4, -0.2) is 50.1 Å². The molecule has 6 nitrogen and oxygen atoms in total. The molecule has 23 heavy (non-hydrogen) atoms. The first-order valence-corrected chi connectivity index (χ1v) is 7.98. The van der Waals surface area contributed by atoms with Crippen molar-refractivity contribution in [3.05, 3.63) is 24.3 Å². The maximum Gasteiger partial charge on any atom is 0.250 e. The van der Waals surface area contributed by atoms with Gasteiger partial charge in [0.25, 0.3) is 0 Å². The van der Waals surface area contributed by atoms with Gasteiger partial charge < -0.3 is 19.7 Å². The third-order valence-corrected chi connectivity index (χ3v) is 3.79. The fourth-order valence-electron chi connectivity index (χ4n) is 2.51. The molecule has 0 aliphatic carbocycles. The Kier molecular flexibility index (Phi) is 6.87. The number of ether oxygens (including phenoxy) is 2. The Balaban J connectivity index is 1.68. The molecule has 0 aromatic heterocycles. The largest absolute Gasteiger partial charge is 0.497 e. The summed E-state index contributed by atoms with van der Waals surface area (Å²) in [7, 11) is 1.59. The Morgan fingerprint density at radius 2 is 1.70 bits per heavy atom. The highest BCUT2D eigenvalue weighted by atomic mass is 16.5. The highest BCUT2D eigenvalue weighted by molar-refractivity contribution is 5.91. The fraction of sp³-hybridized carbons (Fsp3) is 0.529. The first kappa shape index (κ1) is 17.3. The van der Waals surface area contributed by atoms with E-state index in [1.807, 2.05) is 4.90 Å². The van der Waals surface area contributed by atoms with Crippen LogP contribution < -0.4 is 10.1 Å². The maximum absolute atomic E-state index is 12.0. The van der Waals surface area contributed by atoms with Crippen LogP contribution in [0.25, 0.3) is 0 Å². The van der Waals surface area contributed by atoms with E-state index in [2.05, 4.69) is 5.32 Å². The Morgan fingerprint density at radius 1 is 1.04 bits per heavy atom. The summed E-state index contributed by atoms with van der Waals surface area (Å²) in [6, 6.07) is 7.02.